The third-order valence-electron chi connectivity index (χ3n) is 4.86. The van der Waals surface area contributed by atoms with Crippen LogP contribution < -0.4 is 10.2 Å². The van der Waals surface area contributed by atoms with Crippen LogP contribution in [0.4, 0.5) is 39.4 Å². The van der Waals surface area contributed by atoms with Crippen LogP contribution in [0.15, 0.2) is 12.1 Å². The number of ether oxygens (including phenoxy) is 1. The Kier molecular flexibility index (Phi) is 7.64. The Morgan fingerprint density at radius 3 is 2.26 bits per heavy atom. The zero-order valence-corrected chi connectivity index (χ0v) is 17.2. The summed E-state index contributed by atoms with van der Waals surface area (Å²) in [5, 5.41) is 12.5. The van der Waals surface area contributed by atoms with Crippen LogP contribution in [-0.2, 0) is 9.53 Å². The molecule has 0 unspecified atom stereocenters. The van der Waals surface area contributed by atoms with Gasteiger partial charge in [0.15, 0.2) is 10.8 Å². The maximum atomic E-state index is 11.8. The predicted octanol–water partition coefficient (Wildman–Crippen LogP) is 3.68. The Labute approximate surface area is 176 Å². The van der Waals surface area contributed by atoms with Gasteiger partial charge >= 0.3 is 19.0 Å². The zero-order chi connectivity index (χ0) is 23.2. The van der Waals surface area contributed by atoms with Crippen molar-refractivity contribution in [3.05, 3.63) is 17.1 Å². The highest BCUT2D eigenvalue weighted by Crippen LogP contribution is 2.40. The van der Waals surface area contributed by atoms with Gasteiger partial charge in [-0.05, 0) is 32.8 Å². The second kappa shape index (κ2) is 9.80. The lowest BCUT2D eigenvalue weighted by Gasteiger charge is -2.34. The number of anilines is 2. The Morgan fingerprint density at radius 2 is 1.81 bits per heavy atom. The highest BCUT2D eigenvalue weighted by atomic mass is 19.5. The number of hydrogen-bond acceptors (Lipinski definition) is 7. The number of nitrogens with one attached hydrogen (secondary N) is 1. The van der Waals surface area contributed by atoms with Crippen LogP contribution in [0.3, 0.4) is 0 Å². The molecule has 31 heavy (non-hydrogen) atoms. The number of hydrogen-bond donors (Lipinski definition) is 1. The van der Waals surface area contributed by atoms with Crippen LogP contribution in [0.25, 0.3) is 4.98 Å². The van der Waals surface area contributed by atoms with Crippen LogP contribution in [0.5, 0.6) is 0 Å². The third kappa shape index (κ3) is 6.97. The van der Waals surface area contributed by atoms with Gasteiger partial charge in [-0.25, -0.2) is 9.78 Å². The molecule has 1 aliphatic heterocycles. The Bertz CT molecular complexity index is 845. The van der Waals surface area contributed by atoms with Crippen LogP contribution in [-0.4, -0.2) is 67.3 Å². The van der Waals surface area contributed by atoms with Crippen LogP contribution in [0, 0.1) is 5.39 Å². The molecule has 1 aliphatic carbocycles. The lowest BCUT2D eigenvalue weighted by atomic mass is 10.2. The number of Topliss-reactive ketones (excluding diaryl/α,β-unsaturated/α-hetero) is 1. The average molecular weight is 446 g/mol. The lowest BCUT2D eigenvalue weighted by molar-refractivity contribution is -0.118. The summed E-state index contributed by atoms with van der Waals surface area (Å²) < 4.78 is 44.0. The van der Waals surface area contributed by atoms with Crippen LogP contribution >= 0.6 is 0 Å². The molecule has 1 aromatic heterocycles. The summed E-state index contributed by atoms with van der Waals surface area (Å²) in [5.41, 5.74) is -0.155. The largest absolute Gasteiger partial charge is 0.673 e. The molecule has 2 heterocycles. The molecule has 0 bridgehead atoms. The van der Waals surface area contributed by atoms with Gasteiger partial charge in [-0.15, -0.1) is 0 Å². The normalized spacial score (nSPS) is 17.1. The predicted molar refractivity (Wildman–Crippen MR) is 106 cm³/mol. The fourth-order valence-electron chi connectivity index (χ4n) is 3.07. The van der Waals surface area contributed by atoms with E-state index >= 15 is 0 Å². The summed E-state index contributed by atoms with van der Waals surface area (Å²) in [5.74, 6) is 1.20. The van der Waals surface area contributed by atoms with Crippen molar-refractivity contribution in [1.82, 2.24) is 9.88 Å². The minimum Gasteiger partial charge on any atom is -0.450 e. The monoisotopic (exact) mass is 446 g/mol. The first-order valence-corrected chi connectivity index (χ1v) is 9.68. The molecule has 3 rings (SSSR count). The molecule has 2 aliphatic rings. The molecule has 9 nitrogen and oxygen atoms in total. The number of amides is 1. The first kappa shape index (κ1) is 24.2. The van der Waals surface area contributed by atoms with Gasteiger partial charge in [0.25, 0.3) is 0 Å². The zero-order valence-electron chi connectivity index (χ0n) is 17.2. The Balaban J connectivity index is 0.000000614. The highest BCUT2D eigenvalue weighted by molar-refractivity contribution is 6.50. The number of diazo groups is 1. The second-order valence-corrected chi connectivity index (χ2v) is 7.07. The number of piperazine rings is 1. The fourth-order valence-corrected chi connectivity index (χ4v) is 3.07. The molecular formula is C17H23BF4N6O3. The van der Waals surface area contributed by atoms with E-state index in [0.29, 0.717) is 50.1 Å². The van der Waals surface area contributed by atoms with E-state index in [-0.39, 0.29) is 11.9 Å². The van der Waals surface area contributed by atoms with Gasteiger partial charge in [0, 0.05) is 32.2 Å². The molecule has 0 atom stereocenters. The van der Waals surface area contributed by atoms with E-state index in [9.17, 15) is 32.2 Å². The van der Waals surface area contributed by atoms with Gasteiger partial charge in [0.1, 0.15) is 5.82 Å². The van der Waals surface area contributed by atoms with Crippen molar-refractivity contribution in [3.63, 3.8) is 0 Å². The molecule has 1 saturated carbocycles. The first-order valence-electron chi connectivity index (χ1n) is 9.68. The van der Waals surface area contributed by atoms with Gasteiger partial charge < -0.3 is 37.1 Å². The van der Waals surface area contributed by atoms with E-state index in [1.807, 2.05) is 4.90 Å². The maximum absolute atomic E-state index is 11.8. The number of pyridine rings is 1. The summed E-state index contributed by atoms with van der Waals surface area (Å²) in [6.07, 6.45) is 1.27. The quantitative estimate of drug-likeness (QED) is 0.418. The van der Waals surface area contributed by atoms with Gasteiger partial charge in [-0.3, -0.25) is 4.79 Å². The minimum absolute atomic E-state index is 0.0971. The number of nitrogens with zero attached hydrogens (tertiary/aromatic N) is 5. The summed E-state index contributed by atoms with van der Waals surface area (Å²) in [4.78, 5) is 35.1. The molecule has 1 aromatic rings. The molecule has 0 aromatic carbocycles. The molecule has 1 N–H and O–H groups in total. The van der Waals surface area contributed by atoms with Crippen molar-refractivity contribution >= 4 is 36.5 Å². The van der Waals surface area contributed by atoms with E-state index < -0.39 is 12.8 Å². The van der Waals surface area contributed by atoms with E-state index in [1.54, 1.807) is 30.9 Å². The van der Waals surface area contributed by atoms with Crippen LogP contribution in [0.1, 0.15) is 26.7 Å². The number of carbonyl (C=O) groups is 2. The number of rotatable bonds is 5. The van der Waals surface area contributed by atoms with Gasteiger partial charge in [-0.1, -0.05) is 0 Å². The topological polar surface area (TPSA) is 103 Å². The van der Waals surface area contributed by atoms with E-state index in [4.69, 9.17) is 4.74 Å². The molecule has 14 heteroatoms. The summed E-state index contributed by atoms with van der Waals surface area (Å²) in [6, 6.07) is 3.37. The molecule has 0 radical (unpaired) electrons. The summed E-state index contributed by atoms with van der Waals surface area (Å²) in [6.45, 7) is 5.80. The minimum atomic E-state index is -6.00. The van der Waals surface area contributed by atoms with Gasteiger partial charge in [0.2, 0.25) is 11.2 Å². The molecule has 1 saturated heterocycles. The van der Waals surface area contributed by atoms with Gasteiger partial charge in [-0.2, -0.15) is 0 Å². The SMILES string of the molecule is CCOC(=O)N1CCN(c2nc(NC3(C(C)=O)CC3)ccc2[N+]#N)CC1.F[B-](F)(F)F. The molecule has 2 fully saturated rings. The van der Waals surface area contributed by atoms with E-state index in [0.717, 1.165) is 12.8 Å². The summed E-state index contributed by atoms with van der Waals surface area (Å²) >= 11 is 0. The molecule has 1 amide bonds. The number of ketones is 1. The smallest absolute Gasteiger partial charge is 0.450 e. The number of aromatic nitrogens is 1. The first-order chi connectivity index (χ1) is 14.5. The van der Waals surface area contributed by atoms with Crippen molar-refractivity contribution in [2.75, 3.05) is 43.0 Å². The van der Waals surface area contributed by atoms with Crippen molar-refractivity contribution in [3.8, 4) is 0 Å². The number of carbonyl (C=O) groups excluding carboxylic acids is 2. The Hall–Kier alpha value is -3.11. The average Bonchev–Trinajstić information content (AvgIpc) is 3.48. The second-order valence-electron chi connectivity index (χ2n) is 7.07. The third-order valence-corrected chi connectivity index (χ3v) is 4.86. The fraction of sp³-hybridized carbons (Fsp3) is 0.588. The standard InChI is InChI=1S/C17H23N6O3.BF4/c1-3-26-16(25)23-10-8-22(9-11-23)15-13(21-18)4-5-14(19-15)20-17(6-7-17)12(2)24;2-1(3,4)5/h4-5H,3,6-11H2,1-2H3,(H,19,20);/q+1;-1. The van der Waals surface area contributed by atoms with Crippen molar-refractivity contribution in [2.24, 2.45) is 0 Å². The van der Waals surface area contributed by atoms with Crippen LogP contribution in [0.2, 0.25) is 0 Å². The molecule has 170 valence electrons. The van der Waals surface area contributed by atoms with Crippen molar-refractivity contribution < 1.29 is 31.6 Å². The maximum Gasteiger partial charge on any atom is 0.673 e. The summed E-state index contributed by atoms with van der Waals surface area (Å²) in [7, 11) is -6.00. The Morgan fingerprint density at radius 1 is 1.23 bits per heavy atom. The van der Waals surface area contributed by atoms with E-state index in [1.165, 1.54) is 0 Å². The molecule has 0 spiro atoms. The van der Waals surface area contributed by atoms with E-state index in [2.05, 4.69) is 15.3 Å². The van der Waals surface area contributed by atoms with Crippen molar-refractivity contribution in [2.45, 2.75) is 32.2 Å². The van der Waals surface area contributed by atoms with Crippen molar-refractivity contribution in [1.29, 1.82) is 5.39 Å². The lowest BCUT2D eigenvalue weighted by Crippen LogP contribution is -2.49. The number of halogens is 4. The highest BCUT2D eigenvalue weighted by Gasteiger charge is 2.47. The van der Waals surface area contributed by atoms with Gasteiger partial charge in [0.05, 0.1) is 12.1 Å². The molecular weight excluding hydrogens is 423 g/mol.